The molecule has 36 heavy (non-hydrogen) atoms. The van der Waals surface area contributed by atoms with Crippen LogP contribution in [0.15, 0.2) is 30.3 Å². The third-order valence-electron chi connectivity index (χ3n) is 8.01. The standard InChI is InChI=1S/C30H37N3O3/c1-5-22-18-32(11-12-33(22)29(34)14-20-7-6-8-23(13-20)35-4)28-15-24(21-9-10-21)27-19-36-30(2,3)16-25(27)26(28)17-31/h6-8,13,15,21-22H,5,9-12,14,16,18-19H2,1-4H3. The fourth-order valence-electron chi connectivity index (χ4n) is 5.84. The van der Waals surface area contributed by atoms with E-state index in [9.17, 15) is 10.1 Å². The van der Waals surface area contributed by atoms with Crippen molar-refractivity contribution >= 4 is 11.6 Å². The first-order valence-corrected chi connectivity index (χ1v) is 13.2. The van der Waals surface area contributed by atoms with Crippen LogP contribution in [0.1, 0.15) is 73.8 Å². The molecule has 0 aromatic heterocycles. The van der Waals surface area contributed by atoms with Crippen LogP contribution in [-0.2, 0) is 29.0 Å². The summed E-state index contributed by atoms with van der Waals surface area (Å²) in [4.78, 5) is 17.7. The Balaban J connectivity index is 1.40. The number of rotatable bonds is 6. The van der Waals surface area contributed by atoms with Gasteiger partial charge in [0.1, 0.15) is 11.8 Å². The largest absolute Gasteiger partial charge is 0.497 e. The number of methoxy groups -OCH3 is 1. The number of hydrogen-bond donors (Lipinski definition) is 0. The van der Waals surface area contributed by atoms with Gasteiger partial charge in [0.2, 0.25) is 5.91 Å². The minimum atomic E-state index is -0.269. The van der Waals surface area contributed by atoms with E-state index in [4.69, 9.17) is 9.47 Å². The van der Waals surface area contributed by atoms with Crippen LogP contribution in [-0.4, -0.2) is 49.2 Å². The molecular weight excluding hydrogens is 450 g/mol. The molecular formula is C30H37N3O3. The van der Waals surface area contributed by atoms with Gasteiger partial charge in [0.25, 0.3) is 0 Å². The van der Waals surface area contributed by atoms with Gasteiger partial charge in [-0.1, -0.05) is 19.1 Å². The predicted molar refractivity (Wildman–Crippen MR) is 140 cm³/mol. The van der Waals surface area contributed by atoms with Crippen LogP contribution >= 0.6 is 0 Å². The van der Waals surface area contributed by atoms with E-state index in [2.05, 4.69) is 37.8 Å². The Morgan fingerprint density at radius 1 is 1.22 bits per heavy atom. The maximum atomic E-state index is 13.3. The first kappa shape index (κ1) is 24.6. The Morgan fingerprint density at radius 2 is 2.03 bits per heavy atom. The van der Waals surface area contributed by atoms with Crippen molar-refractivity contribution in [1.82, 2.24) is 4.90 Å². The molecule has 2 aromatic rings. The highest BCUT2D eigenvalue weighted by molar-refractivity contribution is 5.80. The summed E-state index contributed by atoms with van der Waals surface area (Å²) in [5.74, 6) is 1.51. The van der Waals surface area contributed by atoms with E-state index in [0.29, 0.717) is 25.5 Å². The van der Waals surface area contributed by atoms with Gasteiger partial charge in [-0.25, -0.2) is 0 Å². The Bertz CT molecular complexity index is 1190. The molecule has 0 spiro atoms. The summed E-state index contributed by atoms with van der Waals surface area (Å²) in [7, 11) is 1.64. The van der Waals surface area contributed by atoms with Crippen LogP contribution in [0, 0.1) is 11.3 Å². The molecule has 6 heteroatoms. The van der Waals surface area contributed by atoms with Crippen LogP contribution in [0.4, 0.5) is 5.69 Å². The lowest BCUT2D eigenvalue weighted by Gasteiger charge is -2.43. The van der Waals surface area contributed by atoms with Crippen molar-refractivity contribution in [3.05, 3.63) is 58.1 Å². The van der Waals surface area contributed by atoms with E-state index >= 15 is 0 Å². The number of ether oxygens (including phenoxy) is 2. The minimum Gasteiger partial charge on any atom is -0.497 e. The molecule has 2 aromatic carbocycles. The number of carbonyl (C=O) groups excluding carboxylic acids is 1. The number of carbonyl (C=O) groups is 1. The fourth-order valence-corrected chi connectivity index (χ4v) is 5.84. The van der Waals surface area contributed by atoms with E-state index < -0.39 is 0 Å². The summed E-state index contributed by atoms with van der Waals surface area (Å²) in [5, 5.41) is 10.3. The number of fused-ring (bicyclic) bond motifs is 1. The maximum Gasteiger partial charge on any atom is 0.227 e. The molecule has 1 saturated heterocycles. The normalized spacial score (nSPS) is 21.0. The molecule has 5 rings (SSSR count). The molecule has 190 valence electrons. The smallest absolute Gasteiger partial charge is 0.227 e. The van der Waals surface area contributed by atoms with E-state index in [1.54, 1.807) is 7.11 Å². The second kappa shape index (κ2) is 9.78. The third-order valence-corrected chi connectivity index (χ3v) is 8.01. The zero-order valence-electron chi connectivity index (χ0n) is 22.0. The van der Waals surface area contributed by atoms with Gasteiger partial charge < -0.3 is 19.3 Å². The number of hydrogen-bond acceptors (Lipinski definition) is 5. The predicted octanol–water partition coefficient (Wildman–Crippen LogP) is 4.97. The third kappa shape index (κ3) is 4.82. The number of benzene rings is 2. The number of anilines is 1. The molecule has 1 atom stereocenters. The van der Waals surface area contributed by atoms with Gasteiger partial charge in [0.05, 0.1) is 37.0 Å². The fraction of sp³-hybridized carbons (Fsp3) is 0.533. The summed E-state index contributed by atoms with van der Waals surface area (Å²) in [5.41, 5.74) is 6.35. The number of nitriles is 1. The zero-order chi connectivity index (χ0) is 25.4. The molecule has 0 radical (unpaired) electrons. The molecule has 2 heterocycles. The Kier molecular flexibility index (Phi) is 6.70. The lowest BCUT2D eigenvalue weighted by Crippen LogP contribution is -2.55. The molecule has 1 aliphatic carbocycles. The summed E-state index contributed by atoms with van der Waals surface area (Å²) in [6.45, 7) is 9.10. The van der Waals surface area contributed by atoms with Crippen molar-refractivity contribution in [1.29, 1.82) is 5.26 Å². The highest BCUT2D eigenvalue weighted by Crippen LogP contribution is 2.47. The average molecular weight is 488 g/mol. The topological polar surface area (TPSA) is 65.8 Å². The van der Waals surface area contributed by atoms with Gasteiger partial charge in [-0.2, -0.15) is 5.26 Å². The van der Waals surface area contributed by atoms with Crippen molar-refractivity contribution < 1.29 is 14.3 Å². The number of amides is 1. The lowest BCUT2D eigenvalue weighted by atomic mass is 9.84. The molecule has 1 amide bonds. The van der Waals surface area contributed by atoms with E-state index in [0.717, 1.165) is 48.5 Å². The summed E-state index contributed by atoms with van der Waals surface area (Å²) >= 11 is 0. The molecule has 3 aliphatic rings. The second-order valence-corrected chi connectivity index (χ2v) is 11.1. The van der Waals surface area contributed by atoms with E-state index in [-0.39, 0.29) is 17.6 Å². The second-order valence-electron chi connectivity index (χ2n) is 11.1. The average Bonchev–Trinajstić information content (AvgIpc) is 3.72. The first-order valence-electron chi connectivity index (χ1n) is 13.2. The monoisotopic (exact) mass is 487 g/mol. The summed E-state index contributed by atoms with van der Waals surface area (Å²) in [6, 6.07) is 12.7. The Morgan fingerprint density at radius 3 is 2.72 bits per heavy atom. The van der Waals surface area contributed by atoms with Crippen LogP contribution in [0.25, 0.3) is 0 Å². The van der Waals surface area contributed by atoms with Gasteiger partial charge in [0, 0.05) is 32.1 Å². The Hall–Kier alpha value is -3.04. The minimum absolute atomic E-state index is 0.114. The van der Waals surface area contributed by atoms with Crippen LogP contribution in [0.2, 0.25) is 0 Å². The Labute approximate surface area is 214 Å². The quantitative estimate of drug-likeness (QED) is 0.576. The van der Waals surface area contributed by atoms with E-state index in [1.165, 1.54) is 29.5 Å². The molecule has 0 bridgehead atoms. The van der Waals surface area contributed by atoms with Crippen molar-refractivity contribution in [2.45, 2.75) is 77.0 Å². The number of nitrogens with zero attached hydrogens (tertiary/aromatic N) is 3. The molecule has 1 saturated carbocycles. The van der Waals surface area contributed by atoms with Crippen LogP contribution in [0.5, 0.6) is 5.75 Å². The SMILES string of the molecule is CCC1CN(c2cc(C3CC3)c3c(c2C#N)CC(C)(C)OC3)CCN1C(=O)Cc1cccc(OC)c1. The van der Waals surface area contributed by atoms with Gasteiger partial charge in [-0.05, 0) is 79.5 Å². The van der Waals surface area contributed by atoms with Gasteiger partial charge in [0.15, 0.2) is 0 Å². The first-order chi connectivity index (χ1) is 17.3. The summed E-state index contributed by atoms with van der Waals surface area (Å²) < 4.78 is 11.5. The molecule has 6 nitrogen and oxygen atoms in total. The summed E-state index contributed by atoms with van der Waals surface area (Å²) in [6.07, 6.45) is 4.44. The van der Waals surface area contributed by atoms with Crippen LogP contribution < -0.4 is 9.64 Å². The molecule has 2 fully saturated rings. The van der Waals surface area contributed by atoms with E-state index in [1.807, 2.05) is 29.2 Å². The highest BCUT2D eigenvalue weighted by atomic mass is 16.5. The molecule has 1 unspecified atom stereocenters. The van der Waals surface area contributed by atoms with Crippen molar-refractivity contribution in [3.63, 3.8) is 0 Å². The van der Waals surface area contributed by atoms with Gasteiger partial charge >= 0.3 is 0 Å². The van der Waals surface area contributed by atoms with Gasteiger partial charge in [-0.15, -0.1) is 0 Å². The highest BCUT2D eigenvalue weighted by Gasteiger charge is 2.37. The zero-order valence-corrected chi connectivity index (χ0v) is 22.0. The van der Waals surface area contributed by atoms with Crippen molar-refractivity contribution in [3.8, 4) is 11.8 Å². The number of piperazine rings is 1. The van der Waals surface area contributed by atoms with Crippen molar-refractivity contribution in [2.24, 2.45) is 0 Å². The van der Waals surface area contributed by atoms with Crippen LogP contribution in [0.3, 0.4) is 0 Å². The lowest BCUT2D eigenvalue weighted by molar-refractivity contribution is -0.133. The molecule has 2 aliphatic heterocycles. The van der Waals surface area contributed by atoms with Gasteiger partial charge in [-0.3, -0.25) is 4.79 Å². The molecule has 0 N–H and O–H groups in total. The maximum absolute atomic E-state index is 13.3. The van der Waals surface area contributed by atoms with Crippen molar-refractivity contribution in [2.75, 3.05) is 31.6 Å².